The normalized spacial score (nSPS) is 11.3. The van der Waals surface area contributed by atoms with Crippen molar-refractivity contribution in [2.75, 3.05) is 7.11 Å². The van der Waals surface area contributed by atoms with Gasteiger partial charge in [0.2, 0.25) is 0 Å². The molecule has 32 heavy (non-hydrogen) atoms. The van der Waals surface area contributed by atoms with Crippen LogP contribution in [0.25, 0.3) is 11.0 Å². The molecule has 0 aliphatic carbocycles. The zero-order chi connectivity index (χ0) is 23.5. The Bertz CT molecular complexity index is 1210. The second kappa shape index (κ2) is 9.40. The number of nitrogens with one attached hydrogen (secondary N) is 1. The first-order chi connectivity index (χ1) is 15.1. The maximum absolute atomic E-state index is 13.2. The van der Waals surface area contributed by atoms with Crippen molar-refractivity contribution in [3.63, 3.8) is 0 Å². The van der Waals surface area contributed by atoms with Crippen LogP contribution in [0.3, 0.4) is 0 Å². The van der Waals surface area contributed by atoms with Gasteiger partial charge in [-0.05, 0) is 50.6 Å². The second-order valence-corrected chi connectivity index (χ2v) is 8.53. The summed E-state index contributed by atoms with van der Waals surface area (Å²) in [5, 5.41) is 3.73. The molecule has 0 atom stereocenters. The summed E-state index contributed by atoms with van der Waals surface area (Å²) < 4.78 is 11.8. The standard InChI is InChI=1S/C23H24ClN3O5/c1-23(2,3)32-19(28)13-27-20-16(18(31-4)9-10-25-20)11-17(22(27)30)21(29)26-12-14-5-7-15(24)8-6-14/h5-11H,12-13H2,1-4H3,(H,26,29). The monoisotopic (exact) mass is 457 g/mol. The molecule has 0 aliphatic heterocycles. The smallest absolute Gasteiger partial charge is 0.326 e. The van der Waals surface area contributed by atoms with E-state index in [9.17, 15) is 14.4 Å². The van der Waals surface area contributed by atoms with Crippen LogP contribution in [0.2, 0.25) is 5.02 Å². The Morgan fingerprint density at radius 1 is 1.16 bits per heavy atom. The fraction of sp³-hybridized carbons (Fsp3) is 0.304. The lowest BCUT2D eigenvalue weighted by Gasteiger charge is -2.20. The van der Waals surface area contributed by atoms with Crippen molar-refractivity contribution < 1.29 is 19.1 Å². The number of hydrogen-bond acceptors (Lipinski definition) is 6. The van der Waals surface area contributed by atoms with Crippen LogP contribution >= 0.6 is 11.6 Å². The number of carbonyl (C=O) groups excluding carboxylic acids is 2. The van der Waals surface area contributed by atoms with E-state index in [2.05, 4.69) is 10.3 Å². The lowest BCUT2D eigenvalue weighted by Crippen LogP contribution is -2.36. The predicted octanol–water partition coefficient (Wildman–Crippen LogP) is 3.33. The third-order valence-electron chi connectivity index (χ3n) is 4.49. The number of fused-ring (bicyclic) bond motifs is 1. The molecule has 0 saturated heterocycles. The van der Waals surface area contributed by atoms with Gasteiger partial charge in [-0.2, -0.15) is 0 Å². The van der Waals surface area contributed by atoms with E-state index in [1.165, 1.54) is 19.4 Å². The molecule has 2 aromatic heterocycles. The average molecular weight is 458 g/mol. The molecule has 0 fully saturated rings. The van der Waals surface area contributed by atoms with E-state index in [0.29, 0.717) is 16.2 Å². The number of hydrogen-bond donors (Lipinski definition) is 1. The first-order valence-electron chi connectivity index (χ1n) is 9.90. The van der Waals surface area contributed by atoms with Gasteiger partial charge in [0.15, 0.2) is 0 Å². The molecule has 0 bridgehead atoms. The van der Waals surface area contributed by atoms with Crippen LogP contribution in [0.4, 0.5) is 0 Å². The number of aromatic nitrogens is 2. The Balaban J connectivity index is 2.01. The van der Waals surface area contributed by atoms with Crippen molar-refractivity contribution in [1.29, 1.82) is 0 Å². The quantitative estimate of drug-likeness (QED) is 0.570. The van der Waals surface area contributed by atoms with Gasteiger partial charge in [0.25, 0.3) is 11.5 Å². The summed E-state index contributed by atoms with van der Waals surface area (Å²) in [5.41, 5.74) is -0.486. The number of ether oxygens (including phenoxy) is 2. The molecule has 0 radical (unpaired) electrons. The van der Waals surface area contributed by atoms with Crippen LogP contribution in [-0.4, -0.2) is 34.1 Å². The number of methoxy groups -OCH3 is 1. The minimum absolute atomic E-state index is 0.138. The number of carbonyl (C=O) groups is 2. The zero-order valence-electron chi connectivity index (χ0n) is 18.3. The van der Waals surface area contributed by atoms with Gasteiger partial charge in [-0.25, -0.2) is 4.98 Å². The molecule has 2 heterocycles. The molecule has 1 amide bonds. The molecule has 3 rings (SSSR count). The van der Waals surface area contributed by atoms with Crippen molar-refractivity contribution >= 4 is 34.5 Å². The minimum Gasteiger partial charge on any atom is -0.496 e. The van der Waals surface area contributed by atoms with Crippen molar-refractivity contribution in [1.82, 2.24) is 14.9 Å². The van der Waals surface area contributed by atoms with E-state index in [1.54, 1.807) is 51.1 Å². The number of halogens is 1. The van der Waals surface area contributed by atoms with Crippen LogP contribution in [-0.2, 0) is 22.6 Å². The Labute approximate surface area is 190 Å². The zero-order valence-corrected chi connectivity index (χ0v) is 19.0. The van der Waals surface area contributed by atoms with E-state index in [1.807, 2.05) is 0 Å². The molecular weight excluding hydrogens is 434 g/mol. The summed E-state index contributed by atoms with van der Waals surface area (Å²) in [6.07, 6.45) is 1.46. The molecule has 0 unspecified atom stereocenters. The topological polar surface area (TPSA) is 99.5 Å². The van der Waals surface area contributed by atoms with Gasteiger partial charge in [-0.1, -0.05) is 23.7 Å². The van der Waals surface area contributed by atoms with Crippen molar-refractivity contribution in [3.05, 3.63) is 69.1 Å². The lowest BCUT2D eigenvalue weighted by atomic mass is 10.1. The average Bonchev–Trinajstić information content (AvgIpc) is 2.73. The summed E-state index contributed by atoms with van der Waals surface area (Å²) >= 11 is 5.89. The van der Waals surface area contributed by atoms with Gasteiger partial charge in [0, 0.05) is 17.8 Å². The number of esters is 1. The highest BCUT2D eigenvalue weighted by Crippen LogP contribution is 2.23. The summed E-state index contributed by atoms with van der Waals surface area (Å²) in [5.74, 6) is -0.792. The largest absolute Gasteiger partial charge is 0.496 e. The first-order valence-corrected chi connectivity index (χ1v) is 10.3. The van der Waals surface area contributed by atoms with Crippen LogP contribution in [0.15, 0.2) is 47.4 Å². The van der Waals surface area contributed by atoms with Crippen LogP contribution in [0.1, 0.15) is 36.7 Å². The molecular formula is C23H24ClN3O5. The summed E-state index contributed by atoms with van der Waals surface area (Å²) in [7, 11) is 1.47. The van der Waals surface area contributed by atoms with Crippen LogP contribution in [0.5, 0.6) is 5.75 Å². The third-order valence-corrected chi connectivity index (χ3v) is 4.74. The minimum atomic E-state index is -0.727. The van der Waals surface area contributed by atoms with Gasteiger partial charge in [0.05, 0.1) is 12.5 Å². The summed E-state index contributed by atoms with van der Waals surface area (Å²) in [4.78, 5) is 42.7. The Morgan fingerprint density at radius 2 is 1.84 bits per heavy atom. The summed E-state index contributed by atoms with van der Waals surface area (Å²) in [6, 6.07) is 10.0. The van der Waals surface area contributed by atoms with Gasteiger partial charge in [0.1, 0.15) is 29.1 Å². The maximum Gasteiger partial charge on any atom is 0.326 e. The predicted molar refractivity (Wildman–Crippen MR) is 121 cm³/mol. The van der Waals surface area contributed by atoms with E-state index in [0.717, 1.165) is 10.1 Å². The number of rotatable bonds is 6. The molecule has 1 aromatic carbocycles. The van der Waals surface area contributed by atoms with Crippen molar-refractivity contribution in [2.45, 2.75) is 39.5 Å². The molecule has 1 N–H and O–H groups in total. The van der Waals surface area contributed by atoms with E-state index >= 15 is 0 Å². The molecule has 9 heteroatoms. The van der Waals surface area contributed by atoms with E-state index in [4.69, 9.17) is 21.1 Å². The summed E-state index contributed by atoms with van der Waals surface area (Å²) in [6.45, 7) is 4.99. The van der Waals surface area contributed by atoms with Gasteiger partial charge < -0.3 is 14.8 Å². The van der Waals surface area contributed by atoms with Crippen LogP contribution < -0.4 is 15.6 Å². The maximum atomic E-state index is 13.2. The molecule has 8 nitrogen and oxygen atoms in total. The highest BCUT2D eigenvalue weighted by atomic mass is 35.5. The highest BCUT2D eigenvalue weighted by Gasteiger charge is 2.22. The van der Waals surface area contributed by atoms with Crippen LogP contribution in [0, 0.1) is 0 Å². The van der Waals surface area contributed by atoms with E-state index < -0.39 is 29.6 Å². The number of nitrogens with zero attached hydrogens (tertiary/aromatic N) is 2. The second-order valence-electron chi connectivity index (χ2n) is 8.10. The number of benzene rings is 1. The highest BCUT2D eigenvalue weighted by molar-refractivity contribution is 6.30. The third kappa shape index (κ3) is 5.45. The molecule has 0 aliphatic rings. The Morgan fingerprint density at radius 3 is 2.47 bits per heavy atom. The van der Waals surface area contributed by atoms with Gasteiger partial charge >= 0.3 is 5.97 Å². The van der Waals surface area contributed by atoms with Crippen molar-refractivity contribution in [3.8, 4) is 5.75 Å². The lowest BCUT2D eigenvalue weighted by molar-refractivity contribution is -0.155. The van der Waals surface area contributed by atoms with Crippen molar-refractivity contribution in [2.24, 2.45) is 0 Å². The molecule has 168 valence electrons. The Kier molecular flexibility index (Phi) is 6.84. The molecule has 3 aromatic rings. The first kappa shape index (κ1) is 23.3. The van der Waals surface area contributed by atoms with E-state index in [-0.39, 0.29) is 17.8 Å². The number of amides is 1. The van der Waals surface area contributed by atoms with Gasteiger partial charge in [-0.15, -0.1) is 0 Å². The van der Waals surface area contributed by atoms with Gasteiger partial charge in [-0.3, -0.25) is 19.0 Å². The number of pyridine rings is 2. The molecule has 0 saturated carbocycles. The fourth-order valence-electron chi connectivity index (χ4n) is 3.11. The molecule has 0 spiro atoms. The Hall–Kier alpha value is -3.39. The fourth-order valence-corrected chi connectivity index (χ4v) is 3.24. The SMILES string of the molecule is COc1ccnc2c1cc(C(=O)NCc1ccc(Cl)cc1)c(=O)n2CC(=O)OC(C)(C)C.